The van der Waals surface area contributed by atoms with Gasteiger partial charge in [-0.3, -0.25) is 0 Å². The van der Waals surface area contributed by atoms with Gasteiger partial charge in [-0.2, -0.15) is 0 Å². The van der Waals surface area contributed by atoms with Crippen molar-refractivity contribution in [2.45, 2.75) is 19.1 Å². The number of aromatic amines is 1. The molecule has 2 N–H and O–H groups in total. The van der Waals surface area contributed by atoms with Crippen molar-refractivity contribution in [3.05, 3.63) is 88.1 Å². The fourth-order valence-electron chi connectivity index (χ4n) is 4.41. The summed E-state index contributed by atoms with van der Waals surface area (Å²) in [4.78, 5) is 3.62. The van der Waals surface area contributed by atoms with Crippen LogP contribution in [0.25, 0.3) is 10.9 Å². The Hall–Kier alpha value is -3.15. The number of methoxy groups -OCH3 is 2. The SMILES string of the molecule is COc1cc(OC)c(C2NCCc3c2[nH]c2ccc(OCc4ccccc4)cc32)cc1Cl. The predicted molar refractivity (Wildman–Crippen MR) is 127 cm³/mol. The monoisotopic (exact) mass is 448 g/mol. The van der Waals surface area contributed by atoms with E-state index in [2.05, 4.69) is 34.6 Å². The highest BCUT2D eigenvalue weighted by Crippen LogP contribution is 2.41. The van der Waals surface area contributed by atoms with Gasteiger partial charge in [0.25, 0.3) is 0 Å². The lowest BCUT2D eigenvalue weighted by Gasteiger charge is -2.26. The molecule has 3 aromatic carbocycles. The average molecular weight is 449 g/mol. The van der Waals surface area contributed by atoms with Crippen LogP contribution in [-0.4, -0.2) is 25.7 Å². The largest absolute Gasteiger partial charge is 0.496 e. The summed E-state index contributed by atoms with van der Waals surface area (Å²) >= 11 is 6.45. The second-order valence-corrected chi connectivity index (χ2v) is 8.27. The molecule has 0 bridgehead atoms. The van der Waals surface area contributed by atoms with Crippen LogP contribution in [0.2, 0.25) is 5.02 Å². The van der Waals surface area contributed by atoms with Crippen molar-refractivity contribution < 1.29 is 14.2 Å². The van der Waals surface area contributed by atoms with Gasteiger partial charge in [-0.15, -0.1) is 0 Å². The third-order valence-corrected chi connectivity index (χ3v) is 6.28. The second kappa shape index (κ2) is 8.77. The first-order chi connectivity index (χ1) is 15.7. The summed E-state index contributed by atoms with van der Waals surface area (Å²) in [6.07, 6.45) is 0.931. The van der Waals surface area contributed by atoms with Gasteiger partial charge in [0.05, 0.1) is 25.3 Å². The molecule has 5 rings (SSSR count). The van der Waals surface area contributed by atoms with Crippen LogP contribution in [0.3, 0.4) is 0 Å². The molecule has 164 valence electrons. The highest BCUT2D eigenvalue weighted by atomic mass is 35.5. The number of ether oxygens (including phenoxy) is 3. The maximum Gasteiger partial charge on any atom is 0.141 e. The van der Waals surface area contributed by atoms with Gasteiger partial charge in [0.1, 0.15) is 23.9 Å². The molecule has 1 aliphatic rings. The molecule has 1 atom stereocenters. The molecule has 1 unspecified atom stereocenters. The number of nitrogens with one attached hydrogen (secondary N) is 2. The quantitative estimate of drug-likeness (QED) is 0.400. The van der Waals surface area contributed by atoms with Crippen molar-refractivity contribution in [2.75, 3.05) is 20.8 Å². The van der Waals surface area contributed by atoms with Gasteiger partial charge >= 0.3 is 0 Å². The smallest absolute Gasteiger partial charge is 0.141 e. The molecule has 4 aromatic rings. The average Bonchev–Trinajstić information content (AvgIpc) is 3.21. The first-order valence-electron chi connectivity index (χ1n) is 10.6. The number of hydrogen-bond donors (Lipinski definition) is 2. The Morgan fingerprint density at radius 1 is 0.969 bits per heavy atom. The maximum absolute atomic E-state index is 6.45. The molecular weight excluding hydrogens is 424 g/mol. The van der Waals surface area contributed by atoms with Gasteiger partial charge in [0, 0.05) is 34.8 Å². The molecule has 2 heterocycles. The molecule has 5 nitrogen and oxygen atoms in total. The van der Waals surface area contributed by atoms with Crippen LogP contribution in [-0.2, 0) is 13.0 Å². The van der Waals surface area contributed by atoms with E-state index >= 15 is 0 Å². The van der Waals surface area contributed by atoms with Crippen LogP contribution < -0.4 is 19.5 Å². The molecule has 0 radical (unpaired) electrons. The molecule has 0 aliphatic carbocycles. The summed E-state index contributed by atoms with van der Waals surface area (Å²) in [5, 5.41) is 5.36. The number of halogens is 1. The molecule has 1 aromatic heterocycles. The predicted octanol–water partition coefficient (Wildman–Crippen LogP) is 5.65. The Labute approximate surface area is 192 Å². The summed E-state index contributed by atoms with van der Waals surface area (Å²) < 4.78 is 17.1. The Kier molecular flexibility index (Phi) is 5.68. The molecule has 0 saturated carbocycles. The maximum atomic E-state index is 6.45. The Balaban J connectivity index is 1.50. The lowest BCUT2D eigenvalue weighted by molar-refractivity contribution is 0.306. The third-order valence-electron chi connectivity index (χ3n) is 5.99. The Bertz CT molecular complexity index is 1250. The van der Waals surface area contributed by atoms with E-state index in [-0.39, 0.29) is 6.04 Å². The van der Waals surface area contributed by atoms with Crippen molar-refractivity contribution in [2.24, 2.45) is 0 Å². The molecule has 0 saturated heterocycles. The molecule has 0 amide bonds. The van der Waals surface area contributed by atoms with Crippen LogP contribution in [0.1, 0.15) is 28.4 Å². The van der Waals surface area contributed by atoms with Crippen molar-refractivity contribution in [1.82, 2.24) is 10.3 Å². The van der Waals surface area contributed by atoms with Gasteiger partial charge in [0.2, 0.25) is 0 Å². The minimum absolute atomic E-state index is 0.0572. The molecule has 0 fully saturated rings. The highest BCUT2D eigenvalue weighted by Gasteiger charge is 2.28. The molecule has 0 spiro atoms. The Morgan fingerprint density at radius 2 is 1.78 bits per heavy atom. The van der Waals surface area contributed by atoms with Gasteiger partial charge in [-0.1, -0.05) is 41.9 Å². The number of fused-ring (bicyclic) bond motifs is 3. The van der Waals surface area contributed by atoms with Crippen LogP contribution in [0.4, 0.5) is 0 Å². The van der Waals surface area contributed by atoms with Crippen LogP contribution >= 0.6 is 11.6 Å². The van der Waals surface area contributed by atoms with Crippen LogP contribution in [0.5, 0.6) is 17.2 Å². The zero-order valence-corrected chi connectivity index (χ0v) is 18.8. The molecular formula is C26H25ClN2O3. The highest BCUT2D eigenvalue weighted by molar-refractivity contribution is 6.32. The first-order valence-corrected chi connectivity index (χ1v) is 11.0. The Morgan fingerprint density at radius 3 is 2.56 bits per heavy atom. The molecule has 1 aliphatic heterocycles. The number of hydrogen-bond acceptors (Lipinski definition) is 4. The number of benzene rings is 3. The van der Waals surface area contributed by atoms with Crippen LogP contribution in [0, 0.1) is 0 Å². The number of H-pyrrole nitrogens is 1. The van der Waals surface area contributed by atoms with Gasteiger partial charge in [-0.25, -0.2) is 0 Å². The summed E-state index contributed by atoms with van der Waals surface area (Å²) in [6.45, 7) is 1.40. The van der Waals surface area contributed by atoms with Crippen molar-refractivity contribution in [1.29, 1.82) is 0 Å². The fraction of sp³-hybridized carbons (Fsp3) is 0.231. The van der Waals surface area contributed by atoms with Crippen molar-refractivity contribution in [3.8, 4) is 17.2 Å². The van der Waals surface area contributed by atoms with E-state index in [0.29, 0.717) is 17.4 Å². The lowest BCUT2D eigenvalue weighted by atomic mass is 9.93. The van der Waals surface area contributed by atoms with E-state index in [1.54, 1.807) is 14.2 Å². The zero-order valence-electron chi connectivity index (χ0n) is 18.1. The summed E-state index contributed by atoms with van der Waals surface area (Å²) in [5.41, 5.74) is 5.64. The standard InChI is InChI=1S/C26H25ClN2O3/c1-30-23-14-24(31-2)21(27)13-20(23)25-26-18(10-11-28-25)19-12-17(8-9-22(19)29-26)32-15-16-6-4-3-5-7-16/h3-9,12-14,25,28-29H,10-11,15H2,1-2H3. The lowest BCUT2D eigenvalue weighted by Crippen LogP contribution is -2.30. The number of aromatic nitrogens is 1. The fourth-order valence-corrected chi connectivity index (χ4v) is 4.66. The zero-order chi connectivity index (χ0) is 22.1. The van der Waals surface area contributed by atoms with Crippen LogP contribution in [0.15, 0.2) is 60.7 Å². The summed E-state index contributed by atoms with van der Waals surface area (Å²) in [7, 11) is 3.27. The third kappa shape index (κ3) is 3.78. The van der Waals surface area contributed by atoms with Gasteiger partial charge in [0.15, 0.2) is 0 Å². The molecule has 6 heteroatoms. The number of rotatable bonds is 6. The normalized spacial score (nSPS) is 15.4. The topological polar surface area (TPSA) is 55.5 Å². The molecule has 32 heavy (non-hydrogen) atoms. The second-order valence-electron chi connectivity index (χ2n) is 7.86. The van der Waals surface area contributed by atoms with E-state index < -0.39 is 0 Å². The summed E-state index contributed by atoms with van der Waals surface area (Å²) in [6, 6.07) is 20.1. The summed E-state index contributed by atoms with van der Waals surface area (Å²) in [5.74, 6) is 2.20. The van der Waals surface area contributed by atoms with E-state index in [9.17, 15) is 0 Å². The van der Waals surface area contributed by atoms with E-state index in [1.165, 1.54) is 10.9 Å². The van der Waals surface area contributed by atoms with Crippen molar-refractivity contribution in [3.63, 3.8) is 0 Å². The minimum atomic E-state index is -0.0572. The minimum Gasteiger partial charge on any atom is -0.496 e. The van der Waals surface area contributed by atoms with Gasteiger partial charge in [-0.05, 0) is 41.8 Å². The van der Waals surface area contributed by atoms with E-state index in [4.69, 9.17) is 25.8 Å². The van der Waals surface area contributed by atoms with Gasteiger partial charge < -0.3 is 24.5 Å². The van der Waals surface area contributed by atoms with Crippen molar-refractivity contribution >= 4 is 22.5 Å². The van der Waals surface area contributed by atoms with E-state index in [0.717, 1.165) is 46.8 Å². The first kappa shape index (κ1) is 20.7. The van der Waals surface area contributed by atoms with E-state index in [1.807, 2.05) is 36.4 Å².